The fraction of sp³-hybridized carbons (Fsp3) is 0.125. The van der Waals surface area contributed by atoms with E-state index in [-0.39, 0.29) is 11.8 Å². The Kier molecular flexibility index (Phi) is 2.94. The van der Waals surface area contributed by atoms with Crippen molar-refractivity contribution in [1.29, 1.82) is 0 Å². The van der Waals surface area contributed by atoms with E-state index in [2.05, 4.69) is 15.9 Å². The van der Waals surface area contributed by atoms with Crippen molar-refractivity contribution >= 4 is 22.2 Å². The summed E-state index contributed by atoms with van der Waals surface area (Å²) in [5.74, 6) is -1.41. The van der Waals surface area contributed by atoms with Crippen LogP contribution in [0.25, 0.3) is 0 Å². The molecule has 76 valence electrons. The molecular formula is C8H3BrF4O. The van der Waals surface area contributed by atoms with E-state index in [0.29, 0.717) is 6.07 Å². The van der Waals surface area contributed by atoms with Gasteiger partial charge in [0.2, 0.25) is 0 Å². The average Bonchev–Trinajstić information content (AvgIpc) is 2.02. The second-order valence-electron chi connectivity index (χ2n) is 2.44. The van der Waals surface area contributed by atoms with Gasteiger partial charge in [0, 0.05) is 10.0 Å². The number of rotatable bonds is 1. The van der Waals surface area contributed by atoms with Crippen molar-refractivity contribution in [2.45, 2.75) is 6.18 Å². The summed E-state index contributed by atoms with van der Waals surface area (Å²) < 4.78 is 48.9. The maximum absolute atomic E-state index is 12.8. The topological polar surface area (TPSA) is 17.1 Å². The van der Waals surface area contributed by atoms with Crippen LogP contribution in [-0.4, -0.2) is 6.29 Å². The van der Waals surface area contributed by atoms with Crippen molar-refractivity contribution in [3.8, 4) is 0 Å². The molecule has 1 nitrogen and oxygen atoms in total. The summed E-state index contributed by atoms with van der Waals surface area (Å²) in [6.45, 7) is 0. The Labute approximate surface area is 84.9 Å². The molecule has 0 aromatic heterocycles. The molecule has 0 N–H and O–H groups in total. The number of hydrogen-bond acceptors (Lipinski definition) is 1. The standard InChI is InChI=1S/C8H3BrF4O/c9-7-4(3-14)1-2-5(10)6(7)8(11,12)13/h1-3H. The minimum absolute atomic E-state index is 0.221. The van der Waals surface area contributed by atoms with E-state index >= 15 is 0 Å². The fourth-order valence-electron chi connectivity index (χ4n) is 0.919. The van der Waals surface area contributed by atoms with Crippen LogP contribution in [0.4, 0.5) is 17.6 Å². The number of aldehydes is 1. The summed E-state index contributed by atoms with van der Waals surface area (Å²) in [6.07, 6.45) is -4.60. The van der Waals surface area contributed by atoms with E-state index in [1.807, 2.05) is 0 Å². The molecule has 0 spiro atoms. The Morgan fingerprint density at radius 3 is 2.29 bits per heavy atom. The minimum Gasteiger partial charge on any atom is -0.298 e. The Hall–Kier alpha value is -0.910. The Morgan fingerprint density at radius 2 is 1.86 bits per heavy atom. The number of carbonyl (C=O) groups excluding carboxylic acids is 1. The van der Waals surface area contributed by atoms with Gasteiger partial charge in [-0.3, -0.25) is 4.79 Å². The summed E-state index contributed by atoms with van der Waals surface area (Å²) in [7, 11) is 0. The van der Waals surface area contributed by atoms with E-state index in [9.17, 15) is 22.4 Å². The van der Waals surface area contributed by atoms with Crippen molar-refractivity contribution in [3.05, 3.63) is 33.5 Å². The normalized spacial score (nSPS) is 11.5. The van der Waals surface area contributed by atoms with Gasteiger partial charge in [-0.05, 0) is 28.1 Å². The predicted octanol–water partition coefficient (Wildman–Crippen LogP) is 3.42. The molecule has 0 bridgehead atoms. The Balaban J connectivity index is 3.48. The summed E-state index contributed by atoms with van der Waals surface area (Å²) in [4.78, 5) is 10.3. The Bertz CT molecular complexity index is 372. The van der Waals surface area contributed by atoms with Crippen molar-refractivity contribution in [1.82, 2.24) is 0 Å². The molecule has 0 fully saturated rings. The molecule has 0 radical (unpaired) electrons. The highest BCUT2D eigenvalue weighted by molar-refractivity contribution is 9.10. The van der Waals surface area contributed by atoms with Gasteiger partial charge < -0.3 is 0 Å². The summed E-state index contributed by atoms with van der Waals surface area (Å²) in [6, 6.07) is 1.58. The first-order valence-electron chi connectivity index (χ1n) is 3.38. The van der Waals surface area contributed by atoms with E-state index < -0.39 is 22.0 Å². The molecule has 0 heterocycles. The first-order chi connectivity index (χ1) is 6.38. The van der Waals surface area contributed by atoms with Crippen molar-refractivity contribution in [2.75, 3.05) is 0 Å². The fourth-order valence-corrected chi connectivity index (χ4v) is 1.56. The zero-order valence-electron chi connectivity index (χ0n) is 6.53. The van der Waals surface area contributed by atoms with Gasteiger partial charge in [0.1, 0.15) is 11.4 Å². The molecule has 0 saturated heterocycles. The van der Waals surface area contributed by atoms with Crippen molar-refractivity contribution < 1.29 is 22.4 Å². The first-order valence-corrected chi connectivity index (χ1v) is 4.17. The van der Waals surface area contributed by atoms with Gasteiger partial charge in [-0.25, -0.2) is 4.39 Å². The van der Waals surface area contributed by atoms with Gasteiger partial charge >= 0.3 is 6.18 Å². The molecule has 14 heavy (non-hydrogen) atoms. The lowest BCUT2D eigenvalue weighted by Crippen LogP contribution is -2.10. The number of carbonyl (C=O) groups is 1. The highest BCUT2D eigenvalue weighted by atomic mass is 79.9. The summed E-state index contributed by atoms with van der Waals surface area (Å²) >= 11 is 2.54. The summed E-state index contributed by atoms with van der Waals surface area (Å²) in [5.41, 5.74) is -1.69. The molecule has 1 aromatic carbocycles. The number of hydrogen-bond donors (Lipinski definition) is 0. The van der Waals surface area contributed by atoms with Crippen LogP contribution in [0.5, 0.6) is 0 Å². The van der Waals surface area contributed by atoms with Gasteiger partial charge in [-0.15, -0.1) is 0 Å². The van der Waals surface area contributed by atoms with Crippen LogP contribution in [0.15, 0.2) is 16.6 Å². The Morgan fingerprint density at radius 1 is 1.29 bits per heavy atom. The SMILES string of the molecule is O=Cc1ccc(F)c(C(F)(F)F)c1Br. The highest BCUT2D eigenvalue weighted by Gasteiger charge is 2.37. The molecule has 0 saturated carbocycles. The van der Waals surface area contributed by atoms with Crippen LogP contribution in [-0.2, 0) is 6.18 Å². The van der Waals surface area contributed by atoms with Gasteiger partial charge in [0.15, 0.2) is 6.29 Å². The van der Waals surface area contributed by atoms with Crippen LogP contribution in [0.1, 0.15) is 15.9 Å². The van der Waals surface area contributed by atoms with E-state index in [0.717, 1.165) is 6.07 Å². The van der Waals surface area contributed by atoms with Crippen LogP contribution in [0.2, 0.25) is 0 Å². The summed E-state index contributed by atoms with van der Waals surface area (Å²) in [5, 5.41) is 0. The maximum Gasteiger partial charge on any atom is 0.420 e. The molecular weight excluding hydrogens is 268 g/mol. The molecule has 0 aliphatic heterocycles. The molecule has 1 aromatic rings. The second-order valence-corrected chi connectivity index (χ2v) is 3.23. The van der Waals surface area contributed by atoms with Crippen molar-refractivity contribution in [2.24, 2.45) is 0 Å². The minimum atomic E-state index is -4.82. The van der Waals surface area contributed by atoms with E-state index in [4.69, 9.17) is 0 Å². The smallest absolute Gasteiger partial charge is 0.298 e. The van der Waals surface area contributed by atoms with Gasteiger partial charge in [0.25, 0.3) is 0 Å². The number of alkyl halides is 3. The van der Waals surface area contributed by atoms with Crippen LogP contribution in [0, 0.1) is 5.82 Å². The first kappa shape index (κ1) is 11.2. The molecule has 6 heteroatoms. The third-order valence-corrected chi connectivity index (χ3v) is 2.39. The van der Waals surface area contributed by atoms with Crippen LogP contribution < -0.4 is 0 Å². The molecule has 0 aliphatic rings. The van der Waals surface area contributed by atoms with Gasteiger partial charge in [-0.1, -0.05) is 0 Å². The maximum atomic E-state index is 12.8. The number of halogens is 5. The zero-order chi connectivity index (χ0) is 10.9. The van der Waals surface area contributed by atoms with Crippen LogP contribution in [0.3, 0.4) is 0 Å². The second kappa shape index (κ2) is 3.68. The van der Waals surface area contributed by atoms with E-state index in [1.54, 1.807) is 0 Å². The molecule has 0 aliphatic carbocycles. The predicted molar refractivity (Wildman–Crippen MR) is 44.5 cm³/mol. The third kappa shape index (κ3) is 1.95. The molecule has 0 unspecified atom stereocenters. The number of benzene rings is 1. The molecule has 1 rings (SSSR count). The lowest BCUT2D eigenvalue weighted by Gasteiger charge is -2.10. The van der Waals surface area contributed by atoms with Crippen molar-refractivity contribution in [3.63, 3.8) is 0 Å². The largest absolute Gasteiger partial charge is 0.420 e. The van der Waals surface area contributed by atoms with E-state index in [1.165, 1.54) is 0 Å². The van der Waals surface area contributed by atoms with Gasteiger partial charge in [0.05, 0.1) is 0 Å². The lowest BCUT2D eigenvalue weighted by molar-refractivity contribution is -0.140. The van der Waals surface area contributed by atoms with Crippen LogP contribution >= 0.6 is 15.9 Å². The molecule has 0 amide bonds. The highest BCUT2D eigenvalue weighted by Crippen LogP contribution is 2.37. The monoisotopic (exact) mass is 270 g/mol. The van der Waals surface area contributed by atoms with Gasteiger partial charge in [-0.2, -0.15) is 13.2 Å². The quantitative estimate of drug-likeness (QED) is 0.565. The lowest BCUT2D eigenvalue weighted by atomic mass is 10.1. The average molecular weight is 271 g/mol. The third-order valence-electron chi connectivity index (χ3n) is 1.53. The zero-order valence-corrected chi connectivity index (χ0v) is 8.12. The molecule has 0 atom stereocenters.